The van der Waals surface area contributed by atoms with Gasteiger partial charge in [-0.15, -0.1) is 11.3 Å². The van der Waals surface area contributed by atoms with Gasteiger partial charge in [-0.3, -0.25) is 4.79 Å². The first-order valence-electron chi connectivity index (χ1n) is 11.2. The van der Waals surface area contributed by atoms with Gasteiger partial charge in [0.15, 0.2) is 0 Å². The normalized spacial score (nSPS) is 13.2. The van der Waals surface area contributed by atoms with Gasteiger partial charge in [0.25, 0.3) is 0 Å². The smallest absolute Gasteiger partial charge is 0.429 e. The molecule has 0 spiro atoms. The van der Waals surface area contributed by atoms with E-state index in [-0.39, 0.29) is 29.2 Å². The van der Waals surface area contributed by atoms with E-state index < -0.39 is 36.0 Å². The third-order valence-electron chi connectivity index (χ3n) is 5.57. The van der Waals surface area contributed by atoms with E-state index in [1.165, 1.54) is 17.4 Å². The van der Waals surface area contributed by atoms with Crippen molar-refractivity contribution in [3.8, 4) is 27.6 Å². The SMILES string of the molecule is Cc1csc(-c2cc(F)ccc2[C@H](Oc2cc(-c3ccc(CC(N)C(=O)O)cc3)nc(N)n2)C(F)(F)F)c1. The molecule has 0 aliphatic carbocycles. The number of hydrogen-bond donors (Lipinski definition) is 3. The Bertz CT molecular complexity index is 1460. The Hall–Kier alpha value is -4.03. The molecule has 0 fully saturated rings. The number of carboxylic acids is 1. The summed E-state index contributed by atoms with van der Waals surface area (Å²) in [6.07, 6.45) is -7.25. The van der Waals surface area contributed by atoms with E-state index >= 15 is 0 Å². The summed E-state index contributed by atoms with van der Waals surface area (Å²) < 4.78 is 62.3. The first kappa shape index (κ1) is 27.0. The summed E-state index contributed by atoms with van der Waals surface area (Å²) in [4.78, 5) is 19.4. The van der Waals surface area contributed by atoms with E-state index in [0.29, 0.717) is 16.0 Å². The minimum Gasteiger partial charge on any atom is -0.480 e. The van der Waals surface area contributed by atoms with Crippen molar-refractivity contribution in [1.29, 1.82) is 0 Å². The standard InChI is InChI=1S/C26H22F4N4O3S/c1-13-8-21(38-12-13)18-10-16(27)6-7-17(18)23(26(28,29)30)37-22-11-20(33-25(32)34-22)15-4-2-14(3-5-15)9-19(31)24(35)36/h2-8,10-12,19,23H,9,31H2,1H3,(H,35,36)(H2,32,33,34)/t19?,23-/m0/s1. The number of carbonyl (C=O) groups is 1. The van der Waals surface area contributed by atoms with Crippen LogP contribution in [0.2, 0.25) is 0 Å². The Morgan fingerprint density at radius 2 is 1.82 bits per heavy atom. The van der Waals surface area contributed by atoms with Crippen LogP contribution in [0, 0.1) is 12.7 Å². The number of nitrogens with two attached hydrogens (primary N) is 2. The topological polar surface area (TPSA) is 124 Å². The van der Waals surface area contributed by atoms with Crippen LogP contribution < -0.4 is 16.2 Å². The van der Waals surface area contributed by atoms with Crippen LogP contribution in [0.15, 0.2) is 60.0 Å². The fraction of sp³-hybridized carbons (Fsp3) is 0.192. The fourth-order valence-electron chi connectivity index (χ4n) is 3.77. The number of nitrogens with zero attached hydrogens (tertiary/aromatic N) is 2. The number of alkyl halides is 3. The molecule has 0 amide bonds. The molecule has 2 aromatic carbocycles. The van der Waals surface area contributed by atoms with Crippen LogP contribution in [0.4, 0.5) is 23.5 Å². The first-order chi connectivity index (χ1) is 17.9. The van der Waals surface area contributed by atoms with Gasteiger partial charge in [0.05, 0.1) is 5.69 Å². The number of aliphatic carboxylic acids is 1. The Balaban J connectivity index is 1.68. The summed E-state index contributed by atoms with van der Waals surface area (Å²) in [5, 5.41) is 10.7. The van der Waals surface area contributed by atoms with E-state index in [2.05, 4.69) is 9.97 Å². The molecular formula is C26H22F4N4O3S. The van der Waals surface area contributed by atoms with Crippen molar-refractivity contribution in [3.63, 3.8) is 0 Å². The molecule has 1 unspecified atom stereocenters. The summed E-state index contributed by atoms with van der Waals surface area (Å²) in [6, 6.07) is 11.3. The van der Waals surface area contributed by atoms with Gasteiger partial charge in [0, 0.05) is 27.6 Å². The van der Waals surface area contributed by atoms with Gasteiger partial charge in [-0.2, -0.15) is 18.2 Å². The second kappa shape index (κ2) is 10.8. The number of halogens is 4. The van der Waals surface area contributed by atoms with E-state index in [4.69, 9.17) is 21.3 Å². The molecule has 4 aromatic rings. The zero-order valence-corrected chi connectivity index (χ0v) is 20.7. The summed E-state index contributed by atoms with van der Waals surface area (Å²) in [5.74, 6) is -2.57. The number of carboxylic acid groups (broad SMARTS) is 1. The number of ether oxygens (including phenoxy) is 1. The monoisotopic (exact) mass is 546 g/mol. The highest BCUT2D eigenvalue weighted by Gasteiger charge is 2.45. The molecule has 0 aliphatic rings. The highest BCUT2D eigenvalue weighted by atomic mass is 32.1. The first-order valence-corrected chi connectivity index (χ1v) is 12.1. The number of nitrogen functional groups attached to an aromatic ring is 1. The lowest BCUT2D eigenvalue weighted by molar-refractivity contribution is -0.198. The summed E-state index contributed by atoms with van der Waals surface area (Å²) in [5.41, 5.74) is 13.3. The molecule has 4 rings (SSSR count). The second-order valence-electron chi connectivity index (χ2n) is 8.55. The van der Waals surface area contributed by atoms with Crippen LogP contribution in [0.25, 0.3) is 21.7 Å². The molecule has 198 valence electrons. The second-order valence-corrected chi connectivity index (χ2v) is 9.47. The van der Waals surface area contributed by atoms with E-state index in [1.54, 1.807) is 42.6 Å². The van der Waals surface area contributed by atoms with Crippen molar-refractivity contribution >= 4 is 23.3 Å². The van der Waals surface area contributed by atoms with Gasteiger partial charge < -0.3 is 21.3 Å². The molecule has 12 heteroatoms. The van der Waals surface area contributed by atoms with Crippen molar-refractivity contribution in [3.05, 3.63) is 82.5 Å². The molecule has 0 aliphatic heterocycles. The molecule has 0 radical (unpaired) electrons. The molecule has 2 aromatic heterocycles. The predicted molar refractivity (Wildman–Crippen MR) is 135 cm³/mol. The largest absolute Gasteiger partial charge is 0.480 e. The third-order valence-corrected chi connectivity index (χ3v) is 6.65. The van der Waals surface area contributed by atoms with E-state index in [1.807, 2.05) is 0 Å². The van der Waals surface area contributed by atoms with Gasteiger partial charge in [0.1, 0.15) is 11.9 Å². The number of benzene rings is 2. The van der Waals surface area contributed by atoms with Crippen molar-refractivity contribution in [2.75, 3.05) is 5.73 Å². The van der Waals surface area contributed by atoms with Gasteiger partial charge in [0.2, 0.25) is 17.9 Å². The molecule has 5 N–H and O–H groups in total. The maximum Gasteiger partial charge on any atom is 0.429 e. The van der Waals surface area contributed by atoms with E-state index in [0.717, 1.165) is 23.8 Å². The molecule has 2 heterocycles. The molecule has 2 atom stereocenters. The van der Waals surface area contributed by atoms with Crippen LogP contribution in [0.5, 0.6) is 5.88 Å². The lowest BCUT2D eigenvalue weighted by Crippen LogP contribution is -2.32. The van der Waals surface area contributed by atoms with Crippen molar-refractivity contribution < 1.29 is 32.2 Å². The van der Waals surface area contributed by atoms with Crippen LogP contribution in [0.1, 0.15) is 22.8 Å². The number of anilines is 1. The third kappa shape index (κ3) is 6.26. The van der Waals surface area contributed by atoms with E-state index in [9.17, 15) is 22.4 Å². The maximum absolute atomic E-state index is 14.3. The molecule has 0 bridgehead atoms. The molecule has 0 saturated heterocycles. The number of hydrogen-bond acceptors (Lipinski definition) is 7. The van der Waals surface area contributed by atoms with Crippen molar-refractivity contribution in [1.82, 2.24) is 9.97 Å². The number of aryl methyl sites for hydroxylation is 1. The minimum absolute atomic E-state index is 0.0582. The Morgan fingerprint density at radius 1 is 1.11 bits per heavy atom. The lowest BCUT2D eigenvalue weighted by atomic mass is 10.00. The predicted octanol–water partition coefficient (Wildman–Crippen LogP) is 5.54. The van der Waals surface area contributed by atoms with Gasteiger partial charge >= 0.3 is 12.1 Å². The Kier molecular flexibility index (Phi) is 7.65. The van der Waals surface area contributed by atoms with Crippen LogP contribution in [0.3, 0.4) is 0 Å². The number of aromatic nitrogens is 2. The van der Waals surface area contributed by atoms with Crippen molar-refractivity contribution in [2.24, 2.45) is 5.73 Å². The van der Waals surface area contributed by atoms with Crippen LogP contribution in [-0.2, 0) is 11.2 Å². The van der Waals surface area contributed by atoms with Crippen molar-refractivity contribution in [2.45, 2.75) is 31.7 Å². The zero-order chi connectivity index (χ0) is 27.6. The number of rotatable bonds is 8. The van der Waals surface area contributed by atoms with Gasteiger partial charge in [-0.25, -0.2) is 9.37 Å². The molecule has 38 heavy (non-hydrogen) atoms. The summed E-state index contributed by atoms with van der Waals surface area (Å²) in [7, 11) is 0. The molecular weight excluding hydrogens is 524 g/mol. The average Bonchev–Trinajstić information content (AvgIpc) is 3.28. The lowest BCUT2D eigenvalue weighted by Gasteiger charge is -2.24. The molecule has 0 saturated carbocycles. The maximum atomic E-state index is 14.3. The Morgan fingerprint density at radius 3 is 2.42 bits per heavy atom. The zero-order valence-electron chi connectivity index (χ0n) is 19.9. The average molecular weight is 547 g/mol. The van der Waals surface area contributed by atoms with Crippen LogP contribution in [-0.4, -0.2) is 33.3 Å². The summed E-state index contributed by atoms with van der Waals surface area (Å²) >= 11 is 1.19. The summed E-state index contributed by atoms with van der Waals surface area (Å²) in [6.45, 7) is 1.79. The van der Waals surface area contributed by atoms with Crippen LogP contribution >= 0.6 is 11.3 Å². The highest BCUT2D eigenvalue weighted by molar-refractivity contribution is 7.13. The quantitative estimate of drug-likeness (QED) is 0.248. The molecule has 7 nitrogen and oxygen atoms in total. The fourth-order valence-corrected chi connectivity index (χ4v) is 4.71. The highest BCUT2D eigenvalue weighted by Crippen LogP contribution is 2.42. The Labute approximate surface area is 218 Å². The van der Waals surface area contributed by atoms with Gasteiger partial charge in [-0.1, -0.05) is 30.3 Å². The number of thiophene rings is 1. The minimum atomic E-state index is -4.87. The van der Waals surface area contributed by atoms with Gasteiger partial charge in [-0.05, 0) is 48.1 Å².